The Morgan fingerprint density at radius 3 is 2.45 bits per heavy atom. The van der Waals surface area contributed by atoms with Crippen molar-refractivity contribution < 1.29 is 19.4 Å². The molecule has 7 heteroatoms. The summed E-state index contributed by atoms with van der Waals surface area (Å²) in [5.74, 6) is -0.726. The quantitative estimate of drug-likeness (QED) is 0.823. The van der Waals surface area contributed by atoms with Gasteiger partial charge in [0, 0.05) is 38.8 Å². The van der Waals surface area contributed by atoms with Crippen molar-refractivity contribution in [1.82, 2.24) is 14.7 Å². The number of carbonyl (C=O) groups excluding carboxylic acids is 1. The summed E-state index contributed by atoms with van der Waals surface area (Å²) >= 11 is 0. The number of ether oxygens (including phenoxy) is 1. The number of piperidine rings is 1. The number of methoxy groups -OCH3 is 1. The zero-order chi connectivity index (χ0) is 15.9. The van der Waals surface area contributed by atoms with Crippen molar-refractivity contribution in [2.45, 2.75) is 31.7 Å². The maximum atomic E-state index is 11.5. The molecule has 0 saturated carbocycles. The normalized spacial score (nSPS) is 22.3. The van der Waals surface area contributed by atoms with Crippen LogP contribution in [0.3, 0.4) is 0 Å². The van der Waals surface area contributed by atoms with Crippen LogP contribution in [-0.2, 0) is 9.53 Å². The molecule has 22 heavy (non-hydrogen) atoms. The minimum Gasteiger partial charge on any atom is -0.481 e. The Hall–Kier alpha value is -1.34. The zero-order valence-corrected chi connectivity index (χ0v) is 13.4. The third-order valence-corrected chi connectivity index (χ3v) is 4.68. The van der Waals surface area contributed by atoms with Crippen LogP contribution < -0.4 is 0 Å². The molecule has 126 valence electrons. The highest BCUT2D eigenvalue weighted by Gasteiger charge is 2.28. The molecule has 0 aromatic rings. The monoisotopic (exact) mass is 313 g/mol. The third-order valence-electron chi connectivity index (χ3n) is 4.68. The Morgan fingerprint density at radius 2 is 1.82 bits per heavy atom. The number of hydrogen-bond donors (Lipinski definition) is 1. The molecule has 2 fully saturated rings. The summed E-state index contributed by atoms with van der Waals surface area (Å²) in [6.45, 7) is 6.13. The van der Waals surface area contributed by atoms with Crippen LogP contribution in [0.2, 0.25) is 0 Å². The summed E-state index contributed by atoms with van der Waals surface area (Å²) in [5, 5.41) is 8.78. The smallest absolute Gasteiger partial charge is 0.409 e. The summed E-state index contributed by atoms with van der Waals surface area (Å²) in [4.78, 5) is 28.7. The highest BCUT2D eigenvalue weighted by Crippen LogP contribution is 2.19. The van der Waals surface area contributed by atoms with E-state index in [1.165, 1.54) is 7.11 Å². The van der Waals surface area contributed by atoms with Crippen LogP contribution in [0.1, 0.15) is 25.7 Å². The molecular weight excluding hydrogens is 286 g/mol. The maximum Gasteiger partial charge on any atom is 0.409 e. The number of likely N-dealkylation sites (tertiary alicyclic amines) is 1. The zero-order valence-electron chi connectivity index (χ0n) is 13.4. The summed E-state index contributed by atoms with van der Waals surface area (Å²) in [6, 6.07) is 0.528. The van der Waals surface area contributed by atoms with Gasteiger partial charge in [-0.1, -0.05) is 0 Å². The molecule has 7 nitrogen and oxygen atoms in total. The maximum absolute atomic E-state index is 11.5. The number of carboxylic acids is 1. The van der Waals surface area contributed by atoms with Gasteiger partial charge in [0.25, 0.3) is 0 Å². The minimum atomic E-state index is -0.726. The van der Waals surface area contributed by atoms with Crippen molar-refractivity contribution in [2.75, 3.05) is 52.9 Å². The second kappa shape index (κ2) is 8.33. The molecule has 2 heterocycles. The second-order valence-corrected chi connectivity index (χ2v) is 6.06. The first kappa shape index (κ1) is 17.0. The van der Waals surface area contributed by atoms with Crippen LogP contribution in [0.15, 0.2) is 0 Å². The predicted octanol–water partition coefficient (Wildman–Crippen LogP) is 0.700. The Balaban J connectivity index is 1.75. The van der Waals surface area contributed by atoms with Gasteiger partial charge in [0.15, 0.2) is 0 Å². The number of amides is 1. The Labute approximate surface area is 131 Å². The number of nitrogens with zero attached hydrogens (tertiary/aromatic N) is 3. The van der Waals surface area contributed by atoms with Gasteiger partial charge < -0.3 is 19.6 Å². The first-order valence-corrected chi connectivity index (χ1v) is 8.11. The SMILES string of the molecule is COC(=O)N1CCC(N2CCCN(CCC(=O)O)CC2)CC1. The van der Waals surface area contributed by atoms with E-state index < -0.39 is 5.97 Å². The number of rotatable bonds is 4. The van der Waals surface area contributed by atoms with Gasteiger partial charge in [0.05, 0.1) is 13.5 Å². The number of carboxylic acid groups (broad SMARTS) is 1. The van der Waals surface area contributed by atoms with E-state index in [1.54, 1.807) is 4.90 Å². The van der Waals surface area contributed by atoms with Crippen LogP contribution in [0.25, 0.3) is 0 Å². The molecule has 2 aliphatic heterocycles. The van der Waals surface area contributed by atoms with Gasteiger partial charge in [-0.3, -0.25) is 9.69 Å². The van der Waals surface area contributed by atoms with E-state index in [4.69, 9.17) is 9.84 Å². The first-order valence-electron chi connectivity index (χ1n) is 8.11. The van der Waals surface area contributed by atoms with Crippen LogP contribution in [0.4, 0.5) is 4.79 Å². The van der Waals surface area contributed by atoms with E-state index in [0.29, 0.717) is 12.6 Å². The van der Waals surface area contributed by atoms with E-state index in [2.05, 4.69) is 9.80 Å². The highest BCUT2D eigenvalue weighted by molar-refractivity contribution is 5.67. The molecule has 0 aliphatic carbocycles. The van der Waals surface area contributed by atoms with E-state index in [0.717, 1.165) is 58.5 Å². The fourth-order valence-corrected chi connectivity index (χ4v) is 3.38. The number of carbonyl (C=O) groups is 2. The number of aliphatic carboxylic acids is 1. The summed E-state index contributed by atoms with van der Waals surface area (Å²) < 4.78 is 4.77. The molecule has 1 N–H and O–H groups in total. The van der Waals surface area contributed by atoms with Crippen molar-refractivity contribution in [1.29, 1.82) is 0 Å². The van der Waals surface area contributed by atoms with Gasteiger partial charge in [-0.15, -0.1) is 0 Å². The van der Waals surface area contributed by atoms with Gasteiger partial charge in [0.1, 0.15) is 0 Å². The van der Waals surface area contributed by atoms with Gasteiger partial charge in [-0.2, -0.15) is 0 Å². The second-order valence-electron chi connectivity index (χ2n) is 6.06. The van der Waals surface area contributed by atoms with Gasteiger partial charge >= 0.3 is 12.1 Å². The van der Waals surface area contributed by atoms with Crippen LogP contribution in [0.5, 0.6) is 0 Å². The molecular formula is C15H27N3O4. The van der Waals surface area contributed by atoms with Gasteiger partial charge in [-0.25, -0.2) is 4.79 Å². The molecule has 2 saturated heterocycles. The fraction of sp³-hybridized carbons (Fsp3) is 0.867. The van der Waals surface area contributed by atoms with Crippen LogP contribution >= 0.6 is 0 Å². The lowest BCUT2D eigenvalue weighted by Crippen LogP contribution is -2.47. The molecule has 0 bridgehead atoms. The Morgan fingerprint density at radius 1 is 1.09 bits per heavy atom. The molecule has 2 rings (SSSR count). The molecule has 1 amide bonds. The van der Waals surface area contributed by atoms with Crippen molar-refractivity contribution in [3.8, 4) is 0 Å². The summed E-state index contributed by atoms with van der Waals surface area (Å²) in [5.41, 5.74) is 0. The van der Waals surface area contributed by atoms with Gasteiger partial charge in [-0.05, 0) is 32.4 Å². The Kier molecular flexibility index (Phi) is 6.45. The van der Waals surface area contributed by atoms with E-state index in [9.17, 15) is 9.59 Å². The third kappa shape index (κ3) is 4.84. The fourth-order valence-electron chi connectivity index (χ4n) is 3.38. The predicted molar refractivity (Wildman–Crippen MR) is 81.9 cm³/mol. The standard InChI is InChI=1S/C15H27N3O4/c1-22-15(21)18-9-3-13(4-10-18)17-7-2-6-16(11-12-17)8-5-14(19)20/h13H,2-12H2,1H3,(H,19,20). The topological polar surface area (TPSA) is 73.3 Å². The number of hydrogen-bond acceptors (Lipinski definition) is 5. The van der Waals surface area contributed by atoms with Crippen molar-refractivity contribution in [3.05, 3.63) is 0 Å². The van der Waals surface area contributed by atoms with E-state index in [1.807, 2.05) is 0 Å². The van der Waals surface area contributed by atoms with Crippen molar-refractivity contribution >= 4 is 12.1 Å². The largest absolute Gasteiger partial charge is 0.481 e. The lowest BCUT2D eigenvalue weighted by atomic mass is 10.0. The summed E-state index contributed by atoms with van der Waals surface area (Å²) in [7, 11) is 1.43. The molecule has 0 unspecified atom stereocenters. The first-order chi connectivity index (χ1) is 10.6. The minimum absolute atomic E-state index is 0.220. The van der Waals surface area contributed by atoms with E-state index >= 15 is 0 Å². The molecule has 2 aliphatic rings. The average molecular weight is 313 g/mol. The highest BCUT2D eigenvalue weighted by atomic mass is 16.5. The average Bonchev–Trinajstić information content (AvgIpc) is 2.78. The molecule has 0 aromatic heterocycles. The van der Waals surface area contributed by atoms with Crippen LogP contribution in [0, 0.1) is 0 Å². The van der Waals surface area contributed by atoms with Crippen molar-refractivity contribution in [3.63, 3.8) is 0 Å². The summed E-state index contributed by atoms with van der Waals surface area (Å²) in [6.07, 6.45) is 3.05. The Bertz CT molecular complexity index is 383. The molecule has 0 radical (unpaired) electrons. The lowest BCUT2D eigenvalue weighted by molar-refractivity contribution is -0.137. The van der Waals surface area contributed by atoms with Gasteiger partial charge in [0.2, 0.25) is 0 Å². The van der Waals surface area contributed by atoms with E-state index in [-0.39, 0.29) is 12.5 Å². The van der Waals surface area contributed by atoms with Crippen LogP contribution in [-0.4, -0.2) is 90.8 Å². The molecule has 0 spiro atoms. The molecule has 0 atom stereocenters. The van der Waals surface area contributed by atoms with Crippen molar-refractivity contribution in [2.24, 2.45) is 0 Å². The lowest BCUT2D eigenvalue weighted by Gasteiger charge is -2.37. The molecule has 0 aromatic carbocycles.